The molecule has 162 valence electrons. The molecule has 2 aromatic carbocycles. The van der Waals surface area contributed by atoms with Crippen molar-refractivity contribution in [1.82, 2.24) is 15.0 Å². The summed E-state index contributed by atoms with van der Waals surface area (Å²) in [5.74, 6) is 1.82. The molecule has 0 unspecified atom stereocenters. The number of nitrogens with zero attached hydrogens (tertiary/aromatic N) is 3. The Kier molecular flexibility index (Phi) is 6.84. The van der Waals surface area contributed by atoms with Gasteiger partial charge in [-0.3, -0.25) is 9.69 Å². The molecule has 3 aromatic rings. The molecule has 7 nitrogen and oxygen atoms in total. The lowest BCUT2D eigenvalue weighted by Gasteiger charge is -2.30. The Hall–Kier alpha value is -2.90. The van der Waals surface area contributed by atoms with Gasteiger partial charge in [-0.25, -0.2) is 0 Å². The second-order valence-electron chi connectivity index (χ2n) is 7.49. The van der Waals surface area contributed by atoms with Crippen molar-refractivity contribution in [1.29, 1.82) is 0 Å². The maximum Gasteiger partial charge on any atom is 0.241 e. The summed E-state index contributed by atoms with van der Waals surface area (Å²) in [6, 6.07) is 14.9. The number of halogens is 1. The van der Waals surface area contributed by atoms with Gasteiger partial charge in [0.15, 0.2) is 0 Å². The van der Waals surface area contributed by atoms with E-state index in [0.29, 0.717) is 29.9 Å². The molecule has 0 atom stereocenters. The largest absolute Gasteiger partial charge is 0.494 e. The van der Waals surface area contributed by atoms with Gasteiger partial charge in [-0.15, -0.1) is 0 Å². The van der Waals surface area contributed by atoms with E-state index in [0.717, 1.165) is 42.9 Å². The van der Waals surface area contributed by atoms with Crippen LogP contribution in [0.1, 0.15) is 25.7 Å². The van der Waals surface area contributed by atoms with Gasteiger partial charge in [0.25, 0.3) is 0 Å². The summed E-state index contributed by atoms with van der Waals surface area (Å²) in [7, 11) is 0. The molecule has 1 fully saturated rings. The highest BCUT2D eigenvalue weighted by molar-refractivity contribution is 6.33. The number of amides is 1. The number of carbonyl (C=O) groups is 1. The van der Waals surface area contributed by atoms with Crippen molar-refractivity contribution in [3.63, 3.8) is 0 Å². The zero-order chi connectivity index (χ0) is 21.6. The molecule has 0 radical (unpaired) electrons. The molecule has 4 rings (SSSR count). The van der Waals surface area contributed by atoms with Crippen LogP contribution in [0, 0.1) is 5.92 Å². The van der Waals surface area contributed by atoms with E-state index in [2.05, 4.69) is 20.4 Å². The highest BCUT2D eigenvalue weighted by atomic mass is 35.5. The van der Waals surface area contributed by atoms with Crippen LogP contribution in [-0.4, -0.2) is 40.6 Å². The highest BCUT2D eigenvalue weighted by Gasteiger charge is 2.26. The average Bonchev–Trinajstić information content (AvgIpc) is 3.23. The molecule has 1 aliphatic rings. The number of ether oxygens (including phenoxy) is 1. The molecular formula is C23H25ClN4O3. The van der Waals surface area contributed by atoms with Crippen molar-refractivity contribution in [2.75, 3.05) is 25.0 Å². The molecule has 0 bridgehead atoms. The number of hydrogen-bond acceptors (Lipinski definition) is 6. The molecule has 1 aliphatic heterocycles. The number of aromatic nitrogens is 2. The number of likely N-dealkylation sites (tertiary alicyclic amines) is 1. The first-order chi connectivity index (χ1) is 15.1. The molecule has 0 spiro atoms. The minimum absolute atomic E-state index is 0.0200. The molecule has 1 amide bonds. The van der Waals surface area contributed by atoms with E-state index in [1.165, 1.54) is 0 Å². The first-order valence-corrected chi connectivity index (χ1v) is 10.8. The van der Waals surface area contributed by atoms with Gasteiger partial charge in [0, 0.05) is 23.2 Å². The summed E-state index contributed by atoms with van der Waals surface area (Å²) in [6.07, 6.45) is 1.56. The Morgan fingerprint density at radius 2 is 2.03 bits per heavy atom. The second-order valence-corrected chi connectivity index (χ2v) is 7.90. The first-order valence-electron chi connectivity index (χ1n) is 10.5. The van der Waals surface area contributed by atoms with Crippen LogP contribution >= 0.6 is 11.6 Å². The number of rotatable bonds is 7. The van der Waals surface area contributed by atoms with E-state index >= 15 is 0 Å². The molecule has 1 saturated heterocycles. The fraction of sp³-hybridized carbons (Fsp3) is 0.348. The third kappa shape index (κ3) is 5.42. The molecule has 31 heavy (non-hydrogen) atoms. The summed E-state index contributed by atoms with van der Waals surface area (Å²) in [4.78, 5) is 19.4. The topological polar surface area (TPSA) is 80.5 Å². The third-order valence-electron chi connectivity index (χ3n) is 5.31. The van der Waals surface area contributed by atoms with Crippen LogP contribution in [0.15, 0.2) is 53.1 Å². The van der Waals surface area contributed by atoms with Gasteiger partial charge in [0.1, 0.15) is 5.75 Å². The van der Waals surface area contributed by atoms with Crippen molar-refractivity contribution in [2.24, 2.45) is 5.92 Å². The maximum atomic E-state index is 12.7. The molecule has 1 aromatic heterocycles. The molecule has 2 heterocycles. The summed E-state index contributed by atoms with van der Waals surface area (Å²) in [6.45, 7) is 4.67. The van der Waals surface area contributed by atoms with Crippen LogP contribution in [0.2, 0.25) is 5.02 Å². The Morgan fingerprint density at radius 1 is 1.23 bits per heavy atom. The van der Waals surface area contributed by atoms with Gasteiger partial charge >= 0.3 is 0 Å². The van der Waals surface area contributed by atoms with Gasteiger partial charge in [-0.2, -0.15) is 4.98 Å². The zero-order valence-electron chi connectivity index (χ0n) is 17.4. The SMILES string of the molecule is CCOc1cccc(NC(=O)C2CCN(Cc3nc(-c4ccccc4Cl)no3)CC2)c1. The van der Waals surface area contributed by atoms with Crippen molar-refractivity contribution < 1.29 is 14.1 Å². The summed E-state index contributed by atoms with van der Waals surface area (Å²) >= 11 is 6.21. The van der Waals surface area contributed by atoms with Crippen molar-refractivity contribution >= 4 is 23.2 Å². The average molecular weight is 441 g/mol. The standard InChI is InChI=1S/C23H25ClN4O3/c1-2-30-18-7-5-6-17(14-18)25-23(29)16-10-12-28(13-11-16)15-21-26-22(27-31-21)19-8-3-4-9-20(19)24/h3-9,14,16H,2,10-13,15H2,1H3,(H,25,29). The van der Waals surface area contributed by atoms with Gasteiger partial charge in [-0.05, 0) is 57.1 Å². The molecule has 0 saturated carbocycles. The lowest BCUT2D eigenvalue weighted by atomic mass is 9.96. The van der Waals surface area contributed by atoms with E-state index in [1.54, 1.807) is 6.07 Å². The monoisotopic (exact) mass is 440 g/mol. The smallest absolute Gasteiger partial charge is 0.241 e. The van der Waals surface area contributed by atoms with Gasteiger partial charge < -0.3 is 14.6 Å². The molecule has 8 heteroatoms. The molecule has 0 aliphatic carbocycles. The maximum absolute atomic E-state index is 12.7. The van der Waals surface area contributed by atoms with E-state index in [4.69, 9.17) is 20.9 Å². The fourth-order valence-corrected chi connectivity index (χ4v) is 3.91. The fourth-order valence-electron chi connectivity index (χ4n) is 3.69. The summed E-state index contributed by atoms with van der Waals surface area (Å²) in [5, 5.41) is 7.65. The quantitative estimate of drug-likeness (QED) is 0.576. The highest BCUT2D eigenvalue weighted by Crippen LogP contribution is 2.26. The second kappa shape index (κ2) is 9.94. The Morgan fingerprint density at radius 3 is 2.81 bits per heavy atom. The Bertz CT molecular complexity index is 1030. The van der Waals surface area contributed by atoms with E-state index < -0.39 is 0 Å². The number of nitrogens with one attached hydrogen (secondary N) is 1. The Labute approximate surface area is 186 Å². The third-order valence-corrected chi connectivity index (χ3v) is 5.64. The predicted octanol–water partition coefficient (Wildman–Crippen LogP) is 4.64. The number of hydrogen-bond donors (Lipinski definition) is 1. The van der Waals surface area contributed by atoms with Gasteiger partial charge in [0.2, 0.25) is 17.6 Å². The zero-order valence-corrected chi connectivity index (χ0v) is 18.1. The van der Waals surface area contributed by atoms with Crippen LogP contribution in [0.3, 0.4) is 0 Å². The van der Waals surface area contributed by atoms with Crippen LogP contribution in [-0.2, 0) is 11.3 Å². The predicted molar refractivity (Wildman–Crippen MR) is 119 cm³/mol. The normalized spacial score (nSPS) is 15.0. The van der Waals surface area contributed by atoms with Crippen molar-refractivity contribution in [3.8, 4) is 17.1 Å². The van der Waals surface area contributed by atoms with E-state index in [9.17, 15) is 4.79 Å². The van der Waals surface area contributed by atoms with Crippen molar-refractivity contribution in [3.05, 3.63) is 59.4 Å². The number of anilines is 1. The van der Waals surface area contributed by atoms with Crippen LogP contribution in [0.5, 0.6) is 5.75 Å². The molecule has 1 N–H and O–H groups in total. The van der Waals surface area contributed by atoms with Crippen molar-refractivity contribution in [2.45, 2.75) is 26.3 Å². The minimum atomic E-state index is -0.0200. The summed E-state index contributed by atoms with van der Waals surface area (Å²) in [5.41, 5.74) is 1.51. The lowest BCUT2D eigenvalue weighted by Crippen LogP contribution is -2.37. The minimum Gasteiger partial charge on any atom is -0.494 e. The molecular weight excluding hydrogens is 416 g/mol. The lowest BCUT2D eigenvalue weighted by molar-refractivity contribution is -0.121. The van der Waals surface area contributed by atoms with Gasteiger partial charge in [0.05, 0.1) is 18.2 Å². The first kappa shape index (κ1) is 21.3. The van der Waals surface area contributed by atoms with E-state index in [1.807, 2.05) is 49.4 Å². The number of carbonyl (C=O) groups excluding carboxylic acids is 1. The Balaban J connectivity index is 1.29. The summed E-state index contributed by atoms with van der Waals surface area (Å²) < 4.78 is 10.9. The van der Waals surface area contributed by atoms with E-state index in [-0.39, 0.29) is 11.8 Å². The van der Waals surface area contributed by atoms with Gasteiger partial charge in [-0.1, -0.05) is 35.0 Å². The van der Waals surface area contributed by atoms with Crippen LogP contribution < -0.4 is 10.1 Å². The van der Waals surface area contributed by atoms with Crippen LogP contribution in [0.25, 0.3) is 11.4 Å². The number of benzene rings is 2. The van der Waals surface area contributed by atoms with Crippen LogP contribution in [0.4, 0.5) is 5.69 Å². The number of piperidine rings is 1.